The minimum atomic E-state index is -4.52. The quantitative estimate of drug-likeness (QED) is 0.0178. The van der Waals surface area contributed by atoms with E-state index in [2.05, 4.69) is 39.7 Å². The third-order valence-electron chi connectivity index (χ3n) is 10.4. The first kappa shape index (κ1) is 55.2. The number of sulfonamides is 1. The molecular weight excluding hydrogens is 1070 g/mol. The second-order valence-electron chi connectivity index (χ2n) is 15.1. The van der Waals surface area contributed by atoms with Gasteiger partial charge in [0.2, 0.25) is 27.9 Å². The average molecular weight is 1120 g/mol. The number of anilines is 4. The zero-order valence-electron chi connectivity index (χ0n) is 40.3. The van der Waals surface area contributed by atoms with E-state index >= 15 is 0 Å². The fourth-order valence-electron chi connectivity index (χ4n) is 7.41. The van der Waals surface area contributed by atoms with Gasteiger partial charge in [-0.1, -0.05) is 130 Å². The smallest absolute Gasteiger partial charge is 0.368 e. The van der Waals surface area contributed by atoms with Crippen LogP contribution in [-0.2, 0) is 46.6 Å². The Morgan fingerprint density at radius 2 is 0.987 bits per heavy atom. The van der Waals surface area contributed by atoms with Gasteiger partial charge in [0.15, 0.2) is 0 Å². The number of fused-ring (bicyclic) bond motifs is 20. The Balaban J connectivity index is 0.000000211. The number of benzene rings is 5. The van der Waals surface area contributed by atoms with Gasteiger partial charge in [-0.05, 0) is 39.7 Å². The van der Waals surface area contributed by atoms with Crippen molar-refractivity contribution in [2.24, 2.45) is 0 Å². The van der Waals surface area contributed by atoms with Gasteiger partial charge in [-0.25, -0.2) is 28.4 Å². The summed E-state index contributed by atoms with van der Waals surface area (Å²) in [6.45, 7) is 8.19. The molecule has 2 aliphatic rings. The van der Waals surface area contributed by atoms with Crippen molar-refractivity contribution >= 4 is 99.9 Å². The molecule has 23 nitrogen and oxygen atoms in total. The Labute approximate surface area is 444 Å². The van der Waals surface area contributed by atoms with Crippen molar-refractivity contribution < 1.29 is 53.1 Å². The Morgan fingerprint density at radius 1 is 0.573 bits per heavy atom. The zero-order valence-corrected chi connectivity index (χ0v) is 43.6. The molecule has 0 spiro atoms. The van der Waals surface area contributed by atoms with Gasteiger partial charge in [0.05, 0.1) is 57.1 Å². The van der Waals surface area contributed by atoms with Crippen LogP contribution in [0.4, 0.5) is 23.5 Å². The summed E-state index contributed by atoms with van der Waals surface area (Å²) in [6, 6.07) is 35.2. The summed E-state index contributed by atoms with van der Waals surface area (Å²) >= 11 is 0.519. The van der Waals surface area contributed by atoms with Crippen molar-refractivity contribution in [1.29, 1.82) is 0 Å². The van der Waals surface area contributed by atoms with Crippen LogP contribution in [0, 0.1) is 0 Å². The molecule has 1 radical (unpaired) electrons. The second-order valence-corrected chi connectivity index (χ2v) is 19.1. The molecule has 7 N–H and O–H groups in total. The molecule has 0 saturated carbocycles. The van der Waals surface area contributed by atoms with E-state index < -0.39 is 25.0 Å². The molecule has 75 heavy (non-hydrogen) atoms. The second kappa shape index (κ2) is 24.2. The Kier molecular flexibility index (Phi) is 17.8. The van der Waals surface area contributed by atoms with Crippen molar-refractivity contribution in [2.75, 3.05) is 35.7 Å². The fourth-order valence-corrected chi connectivity index (χ4v) is 8.82. The molecule has 0 unspecified atom stereocenters. The van der Waals surface area contributed by atoms with Gasteiger partial charge < -0.3 is 46.3 Å². The van der Waals surface area contributed by atoms with Gasteiger partial charge in [-0.15, -0.1) is 4.33 Å². The molecule has 0 atom stereocenters. The summed E-state index contributed by atoms with van der Waals surface area (Å²) in [4.78, 5) is 50.8. The largest absolute Gasteiger partial charge is 2.00 e. The molecule has 0 saturated heterocycles. The first-order chi connectivity index (χ1) is 35.8. The molecule has 2 aliphatic heterocycles. The summed E-state index contributed by atoms with van der Waals surface area (Å²) < 4.78 is 60.7. The van der Waals surface area contributed by atoms with E-state index in [1.54, 1.807) is 0 Å². The maximum Gasteiger partial charge on any atom is 2.00 e. The van der Waals surface area contributed by atoms with Crippen molar-refractivity contribution in [3.63, 3.8) is 0 Å². The number of nitrogens with zero attached hydrogens (tertiary/aromatic N) is 11. The zero-order chi connectivity index (χ0) is 52.6. The minimum Gasteiger partial charge on any atom is -0.368 e. The SMILES string of the molecule is CC.CC.CS(=O)(=O)NCCNc1nc(N)nc(Nc2cc(S(=O)(=O)O)ccc2SOOO)n1.[Cu+2].c1ccc2c(c1)-c1nc-2nc2[n-]c(nc3nc(nc4[n-]c(n1)c1ccccc41)-c1ccccc1-3)c1ccccc21. The molecule has 389 valence electrons. The molecule has 0 aliphatic carbocycles. The van der Waals surface area contributed by atoms with Gasteiger partial charge in [0.25, 0.3) is 10.1 Å². The van der Waals surface area contributed by atoms with Crippen LogP contribution >= 0.6 is 12.0 Å². The molecule has 0 amide bonds. The molecular formula is C48H45CuN15O8S3. The topological polar surface area (TPSA) is 334 Å². The van der Waals surface area contributed by atoms with Crippen LogP contribution in [0.15, 0.2) is 125 Å². The Morgan fingerprint density at radius 3 is 1.39 bits per heavy atom. The van der Waals surface area contributed by atoms with E-state index in [0.717, 1.165) is 62.2 Å². The van der Waals surface area contributed by atoms with E-state index in [0.29, 0.717) is 57.9 Å². The van der Waals surface area contributed by atoms with Crippen LogP contribution in [0.1, 0.15) is 27.7 Å². The van der Waals surface area contributed by atoms with E-state index in [9.17, 15) is 21.4 Å². The normalized spacial score (nSPS) is 11.3. The van der Waals surface area contributed by atoms with Crippen LogP contribution in [0.2, 0.25) is 0 Å². The number of nitrogen functional groups attached to an aromatic ring is 1. The summed E-state index contributed by atoms with van der Waals surface area (Å²) in [5.74, 6) is 1.91. The molecule has 6 heterocycles. The number of rotatable bonds is 11. The standard InChI is InChI=1S/C32H16N8.C12H17N7O8S3.2C2H6.Cu/c1-2-10-18-17(9-1)25-33-26(18)38-28-21-13-5-6-14-22(21)30(35-28)40-32-24-16-8-7-15-23(24)31(36-32)39-29-20-12-4-3-11-19(20)27(34-29)37-25;1-29(21,22)15-5-4-14-11-17-10(13)18-12(19-11)16-8-6-7(30(23,24)25)2-3-9(8)28-27-26-20;2*1-2;/h1-16H;2-3,6,15,20H,4-5H2,1H3,(H,23,24,25)(H4,13,14,16,17,18,19);2*1-2H3;/q-2;;;;+2. The monoisotopic (exact) mass is 1120 g/mol. The van der Waals surface area contributed by atoms with Gasteiger partial charge in [-0.2, -0.15) is 23.4 Å². The number of nitrogens with one attached hydrogen (secondary N) is 3. The van der Waals surface area contributed by atoms with E-state index in [1.807, 2.05) is 125 Å². The number of hydrogen-bond donors (Lipinski definition) is 6. The minimum absolute atomic E-state index is 0. The van der Waals surface area contributed by atoms with E-state index in [4.69, 9.17) is 50.9 Å². The molecule has 27 heteroatoms. The third kappa shape index (κ3) is 12.7. The van der Waals surface area contributed by atoms with E-state index in [1.165, 1.54) is 6.07 Å². The molecule has 9 aromatic rings. The van der Waals surface area contributed by atoms with E-state index in [-0.39, 0.29) is 58.6 Å². The van der Waals surface area contributed by atoms with Gasteiger partial charge in [-0.3, -0.25) is 4.55 Å². The first-order valence-corrected chi connectivity index (χ1v) is 26.7. The molecule has 8 bridgehead atoms. The Bertz CT molecular complexity index is 3620. The predicted molar refractivity (Wildman–Crippen MR) is 282 cm³/mol. The predicted octanol–water partition coefficient (Wildman–Crippen LogP) is 8.01. The molecule has 5 aromatic carbocycles. The van der Waals surface area contributed by atoms with Crippen molar-refractivity contribution in [1.82, 2.24) is 59.5 Å². The van der Waals surface area contributed by atoms with Gasteiger partial charge >= 0.3 is 17.1 Å². The maximum absolute atomic E-state index is 11.4. The number of nitrogens with two attached hydrogens (primary N) is 1. The van der Waals surface area contributed by atoms with Crippen LogP contribution in [0.25, 0.3) is 89.7 Å². The fraction of sp³-hybridized carbons (Fsp3) is 0.146. The summed E-state index contributed by atoms with van der Waals surface area (Å²) in [5.41, 5.74) is 11.5. The van der Waals surface area contributed by atoms with Gasteiger partial charge in [0, 0.05) is 57.9 Å². The number of hydrogen-bond acceptors (Lipinski definition) is 20. The van der Waals surface area contributed by atoms with Crippen LogP contribution in [0.3, 0.4) is 0 Å². The summed E-state index contributed by atoms with van der Waals surface area (Å²) in [6.07, 6.45) is 1.01. The van der Waals surface area contributed by atoms with Gasteiger partial charge in [0.1, 0.15) is 0 Å². The van der Waals surface area contributed by atoms with Crippen LogP contribution in [0.5, 0.6) is 0 Å². The Hall–Kier alpha value is -7.56. The maximum atomic E-state index is 11.4. The van der Waals surface area contributed by atoms with Crippen LogP contribution < -0.4 is 31.1 Å². The number of aromatic nitrogens is 11. The van der Waals surface area contributed by atoms with Crippen LogP contribution in [-0.4, -0.2) is 90.8 Å². The van der Waals surface area contributed by atoms with Crippen molar-refractivity contribution in [2.45, 2.75) is 37.5 Å². The van der Waals surface area contributed by atoms with Crippen molar-refractivity contribution in [3.8, 4) is 45.6 Å². The molecule has 4 aromatic heterocycles. The summed E-state index contributed by atoms with van der Waals surface area (Å²) in [5, 5.41) is 20.8. The molecule has 0 fully saturated rings. The first-order valence-electron chi connectivity index (χ1n) is 22.6. The average Bonchev–Trinajstić information content (AvgIpc) is 4.14. The third-order valence-corrected chi connectivity index (χ3v) is 12.6. The summed E-state index contributed by atoms with van der Waals surface area (Å²) in [7, 11) is -7.87. The molecule has 11 rings (SSSR count). The van der Waals surface area contributed by atoms with Crippen molar-refractivity contribution in [3.05, 3.63) is 115 Å².